The molecule has 0 atom stereocenters. The molecule has 2 heteroatoms. The van der Waals surface area contributed by atoms with Crippen LogP contribution in [-0.4, -0.2) is 5.78 Å². The summed E-state index contributed by atoms with van der Waals surface area (Å²) in [5, 5.41) is 0. The number of benzene rings is 2. The second kappa shape index (κ2) is 5.36. The minimum atomic E-state index is 0.0914. The molecule has 110 valence electrons. The molecule has 0 unspecified atom stereocenters. The quantitative estimate of drug-likeness (QED) is 0.657. The van der Waals surface area contributed by atoms with E-state index in [0.29, 0.717) is 5.69 Å². The third-order valence-corrected chi connectivity index (χ3v) is 4.72. The molecule has 0 amide bonds. The van der Waals surface area contributed by atoms with Crippen LogP contribution >= 0.6 is 0 Å². The molecule has 0 spiro atoms. The average Bonchev–Trinajstić information content (AvgIpc) is 2.43. The molecule has 0 saturated carbocycles. The molecule has 2 N–H and O–H groups in total. The molecule has 0 bridgehead atoms. The van der Waals surface area contributed by atoms with Gasteiger partial charge in [-0.2, -0.15) is 0 Å². The number of aryl methyl sites for hydroxylation is 1. The van der Waals surface area contributed by atoms with Crippen molar-refractivity contribution in [2.75, 3.05) is 5.73 Å². The molecular formula is C19H23NO. The Hall–Kier alpha value is -2.09. The van der Waals surface area contributed by atoms with Crippen molar-refractivity contribution >= 4 is 11.5 Å². The summed E-state index contributed by atoms with van der Waals surface area (Å²) in [6, 6.07) is 5.47. The molecule has 0 saturated heterocycles. The van der Waals surface area contributed by atoms with Gasteiger partial charge in [-0.1, -0.05) is 0 Å². The molecule has 0 heterocycles. The Morgan fingerprint density at radius 1 is 0.810 bits per heavy atom. The normalized spacial score (nSPS) is 10.8. The van der Waals surface area contributed by atoms with E-state index in [9.17, 15) is 4.79 Å². The van der Waals surface area contributed by atoms with Gasteiger partial charge in [-0.05, 0) is 93.1 Å². The van der Waals surface area contributed by atoms with Crippen molar-refractivity contribution in [2.45, 2.75) is 41.5 Å². The molecule has 2 nitrogen and oxygen atoms in total. The fourth-order valence-corrected chi connectivity index (χ4v) is 2.92. The zero-order valence-corrected chi connectivity index (χ0v) is 13.7. The van der Waals surface area contributed by atoms with E-state index in [1.165, 1.54) is 16.7 Å². The van der Waals surface area contributed by atoms with Gasteiger partial charge in [0.25, 0.3) is 0 Å². The number of anilines is 1. The number of ketones is 1. The van der Waals surface area contributed by atoms with Gasteiger partial charge in [0.15, 0.2) is 5.78 Å². The first kappa shape index (κ1) is 15.3. The summed E-state index contributed by atoms with van der Waals surface area (Å²) < 4.78 is 0. The van der Waals surface area contributed by atoms with Crippen molar-refractivity contribution < 1.29 is 4.79 Å². The van der Waals surface area contributed by atoms with Crippen LogP contribution in [0, 0.1) is 41.5 Å². The van der Waals surface area contributed by atoms with Crippen molar-refractivity contribution in [1.82, 2.24) is 0 Å². The fourth-order valence-electron chi connectivity index (χ4n) is 2.92. The van der Waals surface area contributed by atoms with Crippen molar-refractivity contribution in [3.05, 3.63) is 62.7 Å². The highest BCUT2D eigenvalue weighted by molar-refractivity contribution is 6.12. The molecule has 0 aliphatic heterocycles. The number of carbonyl (C=O) groups excluding carboxylic acids is 1. The smallest absolute Gasteiger partial charge is 0.193 e. The maximum absolute atomic E-state index is 13.0. The van der Waals surface area contributed by atoms with Crippen molar-refractivity contribution in [2.24, 2.45) is 0 Å². The summed E-state index contributed by atoms with van der Waals surface area (Å²) in [4.78, 5) is 13.0. The summed E-state index contributed by atoms with van der Waals surface area (Å²) in [7, 11) is 0. The highest BCUT2D eigenvalue weighted by atomic mass is 16.1. The highest BCUT2D eigenvalue weighted by Gasteiger charge is 2.20. The third-order valence-electron chi connectivity index (χ3n) is 4.72. The molecular weight excluding hydrogens is 258 g/mol. The topological polar surface area (TPSA) is 43.1 Å². The van der Waals surface area contributed by atoms with E-state index < -0.39 is 0 Å². The van der Waals surface area contributed by atoms with Crippen LogP contribution < -0.4 is 5.73 Å². The van der Waals surface area contributed by atoms with E-state index in [-0.39, 0.29) is 5.78 Å². The van der Waals surface area contributed by atoms with Gasteiger partial charge in [-0.15, -0.1) is 0 Å². The molecule has 0 aliphatic rings. The van der Waals surface area contributed by atoms with Gasteiger partial charge in [0, 0.05) is 16.8 Å². The molecule has 0 aliphatic carbocycles. The lowest BCUT2D eigenvalue weighted by Crippen LogP contribution is -2.12. The van der Waals surface area contributed by atoms with Crippen LogP contribution in [0.2, 0.25) is 0 Å². The second-order valence-corrected chi connectivity index (χ2v) is 5.90. The number of nitrogens with two attached hydrogens (primary N) is 1. The fraction of sp³-hybridized carbons (Fsp3) is 0.316. The Labute approximate surface area is 127 Å². The van der Waals surface area contributed by atoms with E-state index in [1.807, 2.05) is 32.9 Å². The van der Waals surface area contributed by atoms with Gasteiger partial charge in [0.1, 0.15) is 0 Å². The van der Waals surface area contributed by atoms with E-state index in [2.05, 4.69) is 20.8 Å². The lowest BCUT2D eigenvalue weighted by Gasteiger charge is -2.18. The molecule has 2 aromatic rings. The third kappa shape index (κ3) is 2.46. The van der Waals surface area contributed by atoms with Gasteiger partial charge in [0.2, 0.25) is 0 Å². The number of carbonyl (C=O) groups is 1. The Bertz CT molecular complexity index is 713. The number of rotatable bonds is 2. The summed E-state index contributed by atoms with van der Waals surface area (Å²) in [6.45, 7) is 12.3. The summed E-state index contributed by atoms with van der Waals surface area (Å²) in [5.74, 6) is 0.0914. The largest absolute Gasteiger partial charge is 0.399 e. The van der Waals surface area contributed by atoms with Gasteiger partial charge in [-0.25, -0.2) is 0 Å². The van der Waals surface area contributed by atoms with Crippen LogP contribution in [0.5, 0.6) is 0 Å². The zero-order valence-electron chi connectivity index (χ0n) is 13.7. The van der Waals surface area contributed by atoms with Gasteiger partial charge in [-0.3, -0.25) is 4.79 Å². The van der Waals surface area contributed by atoms with Crippen LogP contribution in [0.1, 0.15) is 49.3 Å². The molecule has 0 fully saturated rings. The van der Waals surface area contributed by atoms with Gasteiger partial charge in [0.05, 0.1) is 0 Å². The summed E-state index contributed by atoms with van der Waals surface area (Å²) >= 11 is 0. The van der Waals surface area contributed by atoms with Gasteiger partial charge >= 0.3 is 0 Å². The highest BCUT2D eigenvalue weighted by Crippen LogP contribution is 2.29. The average molecular weight is 281 g/mol. The predicted molar refractivity (Wildman–Crippen MR) is 89.2 cm³/mol. The van der Waals surface area contributed by atoms with Crippen molar-refractivity contribution in [3.8, 4) is 0 Å². The minimum absolute atomic E-state index is 0.0914. The molecule has 2 aromatic carbocycles. The monoisotopic (exact) mass is 281 g/mol. The maximum Gasteiger partial charge on any atom is 0.193 e. The molecule has 2 rings (SSSR count). The summed E-state index contributed by atoms with van der Waals surface area (Å²) in [6.07, 6.45) is 0. The van der Waals surface area contributed by atoms with E-state index in [0.717, 1.165) is 27.8 Å². The van der Waals surface area contributed by atoms with Crippen LogP contribution in [-0.2, 0) is 0 Å². The van der Waals surface area contributed by atoms with Crippen molar-refractivity contribution in [3.63, 3.8) is 0 Å². The lowest BCUT2D eigenvalue weighted by atomic mass is 9.85. The van der Waals surface area contributed by atoms with Gasteiger partial charge < -0.3 is 5.73 Å². The van der Waals surface area contributed by atoms with Crippen LogP contribution in [0.15, 0.2) is 18.2 Å². The van der Waals surface area contributed by atoms with E-state index in [1.54, 1.807) is 6.07 Å². The summed E-state index contributed by atoms with van der Waals surface area (Å²) in [5.41, 5.74) is 14.8. The Balaban J connectivity index is 2.70. The van der Waals surface area contributed by atoms with Crippen LogP contribution in [0.25, 0.3) is 0 Å². The Morgan fingerprint density at radius 2 is 1.29 bits per heavy atom. The standard InChI is InChI=1S/C19H23NO/c1-10-9-16(20)7-8-17(10)19(21)18-14(5)12(3)11(2)13(4)15(18)6/h7-9H,20H2,1-6H3. The maximum atomic E-state index is 13.0. The molecule has 21 heavy (non-hydrogen) atoms. The molecule has 0 radical (unpaired) electrons. The van der Waals surface area contributed by atoms with Crippen molar-refractivity contribution in [1.29, 1.82) is 0 Å². The Kier molecular flexibility index (Phi) is 3.91. The first-order valence-corrected chi connectivity index (χ1v) is 7.23. The zero-order chi connectivity index (χ0) is 15.9. The van der Waals surface area contributed by atoms with Crippen LogP contribution in [0.3, 0.4) is 0 Å². The number of hydrogen-bond donors (Lipinski definition) is 1. The van der Waals surface area contributed by atoms with E-state index >= 15 is 0 Å². The second-order valence-electron chi connectivity index (χ2n) is 5.90. The SMILES string of the molecule is Cc1cc(N)ccc1C(=O)c1c(C)c(C)c(C)c(C)c1C. The van der Waals surface area contributed by atoms with Crippen LogP contribution in [0.4, 0.5) is 5.69 Å². The predicted octanol–water partition coefficient (Wildman–Crippen LogP) is 4.35. The first-order valence-electron chi connectivity index (χ1n) is 7.23. The van der Waals surface area contributed by atoms with E-state index in [4.69, 9.17) is 5.73 Å². The number of nitrogen functional groups attached to an aromatic ring is 1. The lowest BCUT2D eigenvalue weighted by molar-refractivity contribution is 0.103. The first-order chi connectivity index (χ1) is 9.75. The minimum Gasteiger partial charge on any atom is -0.399 e. The number of hydrogen-bond acceptors (Lipinski definition) is 2. The molecule has 0 aromatic heterocycles. The Morgan fingerprint density at radius 3 is 1.76 bits per heavy atom.